The van der Waals surface area contributed by atoms with Crippen molar-refractivity contribution in [3.05, 3.63) is 47.7 Å². The minimum Gasteiger partial charge on any atom is -0.352 e. The van der Waals surface area contributed by atoms with Crippen LogP contribution >= 0.6 is 10.2 Å². The first-order valence-electron chi connectivity index (χ1n) is 8.48. The van der Waals surface area contributed by atoms with E-state index in [0.717, 1.165) is 17.8 Å². The van der Waals surface area contributed by atoms with Gasteiger partial charge in [0.2, 0.25) is 5.91 Å². The molecule has 28 heavy (non-hydrogen) atoms. The Hall–Kier alpha value is -2.43. The maximum Gasteiger partial charge on any atom is 0.310 e. The van der Waals surface area contributed by atoms with Crippen molar-refractivity contribution in [2.24, 2.45) is 0 Å². The zero-order valence-electron chi connectivity index (χ0n) is 15.0. The van der Waals surface area contributed by atoms with Gasteiger partial charge in [-0.15, -0.1) is 5.10 Å². The lowest BCUT2D eigenvalue weighted by Crippen LogP contribution is -2.49. The summed E-state index contributed by atoms with van der Waals surface area (Å²) in [5, 5.41) is 8.10. The van der Waals surface area contributed by atoms with Gasteiger partial charge in [-0.1, -0.05) is 31.6 Å². The molecule has 0 aliphatic carbocycles. The van der Waals surface area contributed by atoms with Crippen LogP contribution in [0, 0.1) is 6.92 Å². The number of nitrogens with zero attached hydrogens (tertiary/aromatic N) is 4. The Balaban J connectivity index is 1.58. The van der Waals surface area contributed by atoms with E-state index in [1.807, 2.05) is 24.0 Å². The van der Waals surface area contributed by atoms with E-state index in [0.29, 0.717) is 44.1 Å². The summed E-state index contributed by atoms with van der Waals surface area (Å²) in [4.78, 5) is 14.0. The van der Waals surface area contributed by atoms with E-state index < -0.39 is 15.1 Å². The molecule has 11 heteroatoms. The third kappa shape index (κ3) is 4.89. The minimum atomic E-state index is -9.69. The number of aryl methyl sites for hydroxylation is 1. The van der Waals surface area contributed by atoms with Crippen LogP contribution in [-0.2, 0) is 11.2 Å². The highest BCUT2D eigenvalue weighted by Crippen LogP contribution is 3.02. The molecule has 0 spiro atoms. The number of benzene rings is 1. The molecule has 154 valence electrons. The number of hydrogen-bond acceptors (Lipinski definition) is 4. The molecule has 1 fully saturated rings. The maximum absolute atomic E-state index is 12.7. The summed E-state index contributed by atoms with van der Waals surface area (Å²) < 4.78 is 63.7. The summed E-state index contributed by atoms with van der Waals surface area (Å²) in [6, 6.07) is 6.19. The van der Waals surface area contributed by atoms with Crippen LogP contribution < -0.4 is 4.90 Å². The van der Waals surface area contributed by atoms with Crippen LogP contribution in [0.5, 0.6) is 0 Å². The number of halogens is 5. The standard InChI is InChI=1S/C17H19F5N4OS/c1-13-2-7-16(24-23-13)25-8-10-26(11-9-25)17(27)12-14-3-5-15(6-4-14)28(18,19,20,21)22/h2-7H,8-12H2,1H3. The number of aromatic nitrogens is 2. The molecule has 1 aromatic heterocycles. The zero-order valence-corrected chi connectivity index (χ0v) is 15.8. The Kier molecular flexibility index (Phi) is 4.56. The molecule has 2 aromatic rings. The van der Waals surface area contributed by atoms with Crippen LogP contribution in [0.3, 0.4) is 0 Å². The van der Waals surface area contributed by atoms with Crippen molar-refractivity contribution < 1.29 is 24.2 Å². The average molecular weight is 422 g/mol. The number of hydrogen-bond donors (Lipinski definition) is 0. The molecule has 0 unspecified atom stereocenters. The molecule has 1 saturated heterocycles. The van der Waals surface area contributed by atoms with Gasteiger partial charge in [0.15, 0.2) is 5.82 Å². The Morgan fingerprint density at radius 1 is 0.929 bits per heavy atom. The van der Waals surface area contributed by atoms with E-state index in [9.17, 15) is 24.2 Å². The average Bonchev–Trinajstić information content (AvgIpc) is 2.61. The van der Waals surface area contributed by atoms with Gasteiger partial charge in [0.05, 0.1) is 12.1 Å². The number of amides is 1. The lowest BCUT2D eigenvalue weighted by atomic mass is 10.1. The molecule has 3 rings (SSSR count). The first-order chi connectivity index (χ1) is 12.8. The van der Waals surface area contributed by atoms with Crippen LogP contribution in [0.4, 0.5) is 25.2 Å². The van der Waals surface area contributed by atoms with E-state index in [2.05, 4.69) is 10.2 Å². The molecule has 0 atom stereocenters. The zero-order chi connectivity index (χ0) is 20.6. The molecule has 0 saturated carbocycles. The monoisotopic (exact) mass is 422 g/mol. The van der Waals surface area contributed by atoms with Gasteiger partial charge in [-0.05, 0) is 36.8 Å². The molecular formula is C17H19F5N4OS. The predicted octanol–water partition coefficient (Wildman–Crippen LogP) is 4.33. The molecule has 1 aromatic carbocycles. The van der Waals surface area contributed by atoms with Gasteiger partial charge in [-0.2, -0.15) is 5.10 Å². The molecule has 5 nitrogen and oxygen atoms in total. The Morgan fingerprint density at radius 2 is 1.54 bits per heavy atom. The summed E-state index contributed by atoms with van der Waals surface area (Å²) in [5.74, 6) is 0.444. The Labute approximate surface area is 158 Å². The third-order valence-electron chi connectivity index (χ3n) is 4.46. The second kappa shape index (κ2) is 6.29. The van der Waals surface area contributed by atoms with Crippen LogP contribution in [0.25, 0.3) is 0 Å². The summed E-state index contributed by atoms with van der Waals surface area (Å²) in [7, 11) is -9.69. The van der Waals surface area contributed by atoms with E-state index in [-0.39, 0.29) is 17.9 Å². The van der Waals surface area contributed by atoms with Crippen molar-refractivity contribution in [3.63, 3.8) is 0 Å². The first-order valence-corrected chi connectivity index (χ1v) is 10.4. The van der Waals surface area contributed by atoms with Crippen molar-refractivity contribution in [3.8, 4) is 0 Å². The second-order valence-electron chi connectivity index (χ2n) is 6.69. The minimum absolute atomic E-state index is 0.148. The molecule has 1 aliphatic heterocycles. The number of piperazine rings is 1. The lowest BCUT2D eigenvalue weighted by molar-refractivity contribution is -0.130. The van der Waals surface area contributed by atoms with Crippen LogP contribution in [0.2, 0.25) is 0 Å². The predicted molar refractivity (Wildman–Crippen MR) is 97.1 cm³/mol. The normalized spacial score (nSPS) is 17.8. The number of rotatable bonds is 4. The summed E-state index contributed by atoms with van der Waals surface area (Å²) in [5.41, 5.74) is 1.05. The summed E-state index contributed by atoms with van der Waals surface area (Å²) in [6.45, 7) is 3.78. The van der Waals surface area contributed by atoms with E-state index in [1.54, 1.807) is 4.90 Å². The fourth-order valence-corrected chi connectivity index (χ4v) is 3.55. The first kappa shape index (κ1) is 20.3. The summed E-state index contributed by atoms with van der Waals surface area (Å²) >= 11 is 0. The Morgan fingerprint density at radius 3 is 2.04 bits per heavy atom. The Bertz CT molecular complexity index is 864. The largest absolute Gasteiger partial charge is 0.352 e. The topological polar surface area (TPSA) is 49.3 Å². The SMILES string of the molecule is Cc1ccc(N2CCN(C(=O)Cc3ccc(S(F)(F)(F)(F)F)cc3)CC2)nn1. The summed E-state index contributed by atoms with van der Waals surface area (Å²) in [6.07, 6.45) is -0.148. The van der Waals surface area contributed by atoms with Gasteiger partial charge in [0, 0.05) is 26.2 Å². The fourth-order valence-electron chi connectivity index (χ4n) is 2.90. The van der Waals surface area contributed by atoms with Gasteiger partial charge in [0.25, 0.3) is 0 Å². The molecule has 2 heterocycles. The highest BCUT2D eigenvalue weighted by Gasteiger charge is 2.65. The van der Waals surface area contributed by atoms with Gasteiger partial charge < -0.3 is 9.80 Å². The highest BCUT2D eigenvalue weighted by molar-refractivity contribution is 8.45. The molecule has 0 bridgehead atoms. The van der Waals surface area contributed by atoms with Gasteiger partial charge in [0.1, 0.15) is 4.90 Å². The molecule has 1 amide bonds. The highest BCUT2D eigenvalue weighted by atomic mass is 32.5. The van der Waals surface area contributed by atoms with Crippen LogP contribution in [0.15, 0.2) is 41.3 Å². The molecular weight excluding hydrogens is 403 g/mol. The van der Waals surface area contributed by atoms with Crippen molar-refractivity contribution >= 4 is 21.9 Å². The maximum atomic E-state index is 12.7. The lowest BCUT2D eigenvalue weighted by Gasteiger charge is -2.40. The number of anilines is 1. The van der Waals surface area contributed by atoms with Gasteiger partial charge in [-0.3, -0.25) is 4.79 Å². The van der Waals surface area contributed by atoms with Crippen molar-refractivity contribution in [1.82, 2.24) is 15.1 Å². The van der Waals surface area contributed by atoms with Crippen molar-refractivity contribution in [1.29, 1.82) is 0 Å². The third-order valence-corrected chi connectivity index (χ3v) is 5.63. The molecule has 0 N–H and O–H groups in total. The molecule has 1 aliphatic rings. The quantitative estimate of drug-likeness (QED) is 0.688. The van der Waals surface area contributed by atoms with E-state index >= 15 is 0 Å². The fraction of sp³-hybridized carbons (Fsp3) is 0.353. The van der Waals surface area contributed by atoms with Gasteiger partial charge >= 0.3 is 10.2 Å². The van der Waals surface area contributed by atoms with Crippen LogP contribution in [-0.4, -0.2) is 47.2 Å². The number of carbonyl (C=O) groups is 1. The van der Waals surface area contributed by atoms with Crippen molar-refractivity contribution in [2.75, 3.05) is 31.1 Å². The van der Waals surface area contributed by atoms with Crippen LogP contribution in [0.1, 0.15) is 11.3 Å². The molecule has 0 radical (unpaired) electrons. The van der Waals surface area contributed by atoms with Crippen molar-refractivity contribution in [2.45, 2.75) is 18.2 Å². The van der Waals surface area contributed by atoms with E-state index in [4.69, 9.17) is 0 Å². The number of carbonyl (C=O) groups excluding carboxylic acids is 1. The smallest absolute Gasteiger partial charge is 0.310 e. The van der Waals surface area contributed by atoms with Gasteiger partial charge in [-0.25, -0.2) is 0 Å². The second-order valence-corrected chi connectivity index (χ2v) is 9.10. The van der Waals surface area contributed by atoms with E-state index in [1.165, 1.54) is 0 Å².